The van der Waals surface area contributed by atoms with Crippen molar-refractivity contribution in [1.29, 1.82) is 0 Å². The summed E-state index contributed by atoms with van der Waals surface area (Å²) in [6.07, 6.45) is 5.34. The summed E-state index contributed by atoms with van der Waals surface area (Å²) in [5.41, 5.74) is 1.61. The van der Waals surface area contributed by atoms with E-state index in [4.69, 9.17) is 8.85 Å². The Morgan fingerprint density at radius 1 is 1.04 bits per heavy atom. The first-order chi connectivity index (χ1) is 10.7. The van der Waals surface area contributed by atoms with Crippen molar-refractivity contribution in [2.24, 2.45) is 5.92 Å². The lowest BCUT2D eigenvalue weighted by Crippen LogP contribution is -2.51. The second-order valence-electron chi connectivity index (χ2n) is 7.98. The van der Waals surface area contributed by atoms with Crippen molar-refractivity contribution in [2.45, 2.75) is 103 Å². The van der Waals surface area contributed by atoms with Gasteiger partial charge in [0.25, 0.3) is 14.3 Å². The predicted molar refractivity (Wildman–Crippen MR) is 100 cm³/mol. The highest BCUT2D eigenvalue weighted by Gasteiger charge is 2.52. The van der Waals surface area contributed by atoms with Crippen LogP contribution in [0, 0.1) is 5.92 Å². The first-order valence-electron chi connectivity index (χ1n) is 9.33. The summed E-state index contributed by atoms with van der Waals surface area (Å²) < 4.78 is 12.0. The van der Waals surface area contributed by atoms with Crippen LogP contribution in [0.15, 0.2) is 0 Å². The Bertz CT molecular complexity index is 355. The molecule has 3 nitrogen and oxygen atoms in total. The molecule has 1 saturated carbocycles. The molecule has 1 atom stereocenters. The van der Waals surface area contributed by atoms with Crippen molar-refractivity contribution in [3.05, 3.63) is 0 Å². The van der Waals surface area contributed by atoms with Gasteiger partial charge in [-0.25, -0.2) is 0 Å². The van der Waals surface area contributed by atoms with Crippen molar-refractivity contribution in [3.63, 3.8) is 0 Å². The van der Waals surface area contributed by atoms with E-state index in [2.05, 4.69) is 27.7 Å². The van der Waals surface area contributed by atoms with Gasteiger partial charge in [-0.05, 0) is 49.4 Å². The molecule has 5 heteroatoms. The molecule has 134 valence electrons. The van der Waals surface area contributed by atoms with E-state index < -0.39 is 8.32 Å². The van der Waals surface area contributed by atoms with E-state index in [9.17, 15) is 4.79 Å². The Morgan fingerprint density at radius 3 is 2.00 bits per heavy atom. The molecule has 0 amide bonds. The van der Waals surface area contributed by atoms with Crippen molar-refractivity contribution >= 4 is 24.0 Å². The molecule has 0 aromatic carbocycles. The molecular weight excluding hydrogens is 320 g/mol. The molecular formula is C18H36O3Si2. The third-order valence-corrected chi connectivity index (χ3v) is 12.6. The minimum absolute atomic E-state index is 0.0193. The minimum atomic E-state index is -2.09. The van der Waals surface area contributed by atoms with Gasteiger partial charge in [0.1, 0.15) is 0 Å². The summed E-state index contributed by atoms with van der Waals surface area (Å²) in [6, 6.07) is 0.780. The molecule has 0 heterocycles. The van der Waals surface area contributed by atoms with Crippen LogP contribution in [0.2, 0.25) is 22.7 Å². The highest BCUT2D eigenvalue weighted by Crippen LogP contribution is 2.50. The van der Waals surface area contributed by atoms with Crippen molar-refractivity contribution in [1.82, 2.24) is 0 Å². The van der Waals surface area contributed by atoms with Gasteiger partial charge in [0, 0.05) is 6.10 Å². The van der Waals surface area contributed by atoms with Gasteiger partial charge in [0.15, 0.2) is 0 Å². The zero-order valence-electron chi connectivity index (χ0n) is 16.1. The molecule has 0 N–H and O–H groups in total. The van der Waals surface area contributed by atoms with E-state index in [0.29, 0.717) is 26.4 Å². The fraction of sp³-hybridized carbons (Fsp3) is 0.944. The molecule has 0 bridgehead atoms. The third kappa shape index (κ3) is 5.43. The monoisotopic (exact) mass is 356 g/mol. The molecule has 2 radical (unpaired) electrons. The molecule has 23 heavy (non-hydrogen) atoms. The van der Waals surface area contributed by atoms with Crippen LogP contribution in [0.4, 0.5) is 0 Å². The van der Waals surface area contributed by atoms with Gasteiger partial charge in [-0.2, -0.15) is 0 Å². The Labute approximate surface area is 147 Å². The molecule has 1 rings (SSSR count). The molecule has 0 aliphatic heterocycles. The lowest BCUT2D eigenvalue weighted by molar-refractivity contribution is -0.139. The normalized spacial score (nSPS) is 18.2. The molecule has 0 saturated heterocycles. The first-order valence-corrected chi connectivity index (χ1v) is 12.6. The van der Waals surface area contributed by atoms with Gasteiger partial charge in [0.2, 0.25) is 9.76 Å². The van der Waals surface area contributed by atoms with Crippen LogP contribution in [-0.2, 0) is 13.6 Å². The van der Waals surface area contributed by atoms with E-state index in [1.807, 2.05) is 20.8 Å². The summed E-state index contributed by atoms with van der Waals surface area (Å²) in [4.78, 5) is 12.8. The maximum atomic E-state index is 12.8. The molecule has 0 spiro atoms. The van der Waals surface area contributed by atoms with Gasteiger partial charge in [-0.1, -0.05) is 47.5 Å². The maximum absolute atomic E-state index is 12.8. The van der Waals surface area contributed by atoms with Gasteiger partial charge in [-0.3, -0.25) is 4.79 Å². The van der Waals surface area contributed by atoms with Gasteiger partial charge >= 0.3 is 0 Å². The molecule has 1 aliphatic carbocycles. The minimum Gasteiger partial charge on any atom is -0.518 e. The van der Waals surface area contributed by atoms with Gasteiger partial charge < -0.3 is 8.85 Å². The molecule has 1 unspecified atom stereocenters. The van der Waals surface area contributed by atoms with Crippen LogP contribution in [0.3, 0.4) is 0 Å². The molecule has 0 aromatic rings. The lowest BCUT2D eigenvalue weighted by Gasteiger charge is -2.43. The smallest absolute Gasteiger partial charge is 0.295 e. The lowest BCUT2D eigenvalue weighted by atomic mass is 10.2. The Morgan fingerprint density at radius 2 is 1.57 bits per heavy atom. The fourth-order valence-corrected chi connectivity index (χ4v) is 10.6. The van der Waals surface area contributed by atoms with Crippen LogP contribution in [0.5, 0.6) is 0 Å². The second kappa shape index (κ2) is 9.37. The Hall–Kier alpha value is -0.136. The first kappa shape index (κ1) is 20.9. The average Bonchev–Trinajstić information content (AvgIpc) is 2.97. The van der Waals surface area contributed by atoms with Gasteiger partial charge in [-0.15, -0.1) is 0 Å². The SMILES string of the molecule is CC(C)O[Si]CC(C)C(=O)O[Si](C(C)C)(C(C)C)C1CCCC1. The van der Waals surface area contributed by atoms with E-state index in [1.54, 1.807) is 0 Å². The zero-order chi connectivity index (χ0) is 17.6. The summed E-state index contributed by atoms with van der Waals surface area (Å²) >= 11 is 0. The molecule has 1 fully saturated rings. The predicted octanol–water partition coefficient (Wildman–Crippen LogP) is 5.34. The Kier molecular flexibility index (Phi) is 8.52. The quantitative estimate of drug-likeness (QED) is 0.523. The van der Waals surface area contributed by atoms with E-state index in [1.165, 1.54) is 25.7 Å². The van der Waals surface area contributed by atoms with Crippen molar-refractivity contribution in [2.75, 3.05) is 0 Å². The average molecular weight is 357 g/mol. The third-order valence-electron chi connectivity index (χ3n) is 5.19. The van der Waals surface area contributed by atoms with Gasteiger partial charge in [0.05, 0.1) is 5.92 Å². The van der Waals surface area contributed by atoms with E-state index in [0.717, 1.165) is 6.04 Å². The number of carbonyl (C=O) groups excluding carboxylic acids is 1. The number of rotatable bonds is 9. The molecule has 1 aliphatic rings. The van der Waals surface area contributed by atoms with Crippen LogP contribution >= 0.6 is 0 Å². The van der Waals surface area contributed by atoms with E-state index in [-0.39, 0.29) is 18.0 Å². The van der Waals surface area contributed by atoms with Crippen molar-refractivity contribution in [3.8, 4) is 0 Å². The Balaban J connectivity index is 2.77. The van der Waals surface area contributed by atoms with Crippen LogP contribution in [0.1, 0.15) is 74.1 Å². The standard InChI is InChI=1S/C18H36O3Si2/c1-13(2)20-22-12-16(7)18(19)21-23(14(3)4,15(5)6)17-10-8-9-11-17/h13-17H,8-12H2,1-7H3. The number of hydrogen-bond acceptors (Lipinski definition) is 3. The van der Waals surface area contributed by atoms with Crippen LogP contribution in [0.25, 0.3) is 0 Å². The van der Waals surface area contributed by atoms with E-state index >= 15 is 0 Å². The zero-order valence-corrected chi connectivity index (χ0v) is 18.1. The summed E-state index contributed by atoms with van der Waals surface area (Å²) in [5.74, 6) is -0.0383. The fourth-order valence-electron chi connectivity index (χ4n) is 4.00. The number of carbonyl (C=O) groups is 1. The van der Waals surface area contributed by atoms with Crippen molar-refractivity contribution < 1.29 is 13.6 Å². The summed E-state index contributed by atoms with van der Waals surface area (Å²) in [6.45, 7) is 15.1. The summed E-state index contributed by atoms with van der Waals surface area (Å²) in [7, 11) is -1.71. The molecule has 0 aromatic heterocycles. The van der Waals surface area contributed by atoms with Crippen LogP contribution in [-0.4, -0.2) is 30.2 Å². The largest absolute Gasteiger partial charge is 0.518 e. The number of hydrogen-bond donors (Lipinski definition) is 0. The topological polar surface area (TPSA) is 35.5 Å². The highest BCUT2D eigenvalue weighted by molar-refractivity contribution is 6.79. The summed E-state index contributed by atoms with van der Waals surface area (Å²) in [5, 5.41) is 0. The second-order valence-corrected chi connectivity index (χ2v) is 14.0. The maximum Gasteiger partial charge on any atom is 0.295 e. The highest BCUT2D eigenvalue weighted by atomic mass is 28.4. The van der Waals surface area contributed by atoms with Crippen LogP contribution < -0.4 is 0 Å².